The highest BCUT2D eigenvalue weighted by Gasteiger charge is 2.19. The first kappa shape index (κ1) is 19.4. The minimum atomic E-state index is -3.71. The highest BCUT2D eigenvalue weighted by Crippen LogP contribution is 2.22. The number of hydrogen-bond acceptors (Lipinski definition) is 6. The van der Waals surface area contributed by atoms with E-state index in [0.717, 1.165) is 5.76 Å². The molecule has 0 radical (unpaired) electrons. The number of carbonyl (C=O) groups is 1. The van der Waals surface area contributed by atoms with Crippen molar-refractivity contribution in [2.45, 2.75) is 10.6 Å². The molecule has 9 heteroatoms. The first-order chi connectivity index (χ1) is 12.0. The van der Waals surface area contributed by atoms with Crippen LogP contribution in [0.1, 0.15) is 16.1 Å². The van der Waals surface area contributed by atoms with Gasteiger partial charge in [-0.1, -0.05) is 0 Å². The van der Waals surface area contributed by atoms with Crippen LogP contribution in [0.3, 0.4) is 0 Å². The number of amides is 1. The summed E-state index contributed by atoms with van der Waals surface area (Å²) in [5.74, 6) is 2.02. The van der Waals surface area contributed by atoms with E-state index in [1.165, 1.54) is 32.4 Å². The molecular formula is C16H20N2O5S2. The normalized spacial score (nSPS) is 11.3. The van der Waals surface area contributed by atoms with Gasteiger partial charge in [0.25, 0.3) is 5.91 Å². The summed E-state index contributed by atoms with van der Waals surface area (Å²) in [7, 11) is -0.815. The van der Waals surface area contributed by atoms with Crippen LogP contribution in [0.4, 0.5) is 0 Å². The first-order valence-corrected chi connectivity index (χ1v) is 10.1. The Morgan fingerprint density at radius 1 is 1.32 bits per heavy atom. The van der Waals surface area contributed by atoms with Gasteiger partial charge >= 0.3 is 0 Å². The lowest BCUT2D eigenvalue weighted by Gasteiger charge is -2.11. The van der Waals surface area contributed by atoms with Crippen molar-refractivity contribution in [2.75, 3.05) is 26.5 Å². The SMILES string of the molecule is CNC(=O)c1cc(S(=O)(=O)NCCSCc2ccco2)ccc1OC. The van der Waals surface area contributed by atoms with Crippen LogP contribution in [-0.2, 0) is 15.8 Å². The molecule has 1 aromatic carbocycles. The van der Waals surface area contributed by atoms with Crippen LogP contribution < -0.4 is 14.8 Å². The molecule has 0 aliphatic heterocycles. The van der Waals surface area contributed by atoms with Crippen molar-refractivity contribution in [2.24, 2.45) is 0 Å². The zero-order valence-corrected chi connectivity index (χ0v) is 15.6. The van der Waals surface area contributed by atoms with Crippen molar-refractivity contribution >= 4 is 27.7 Å². The molecule has 0 aliphatic rings. The van der Waals surface area contributed by atoms with Gasteiger partial charge < -0.3 is 14.5 Å². The van der Waals surface area contributed by atoms with Gasteiger partial charge in [0.15, 0.2) is 0 Å². The number of ether oxygens (including phenoxy) is 1. The maximum absolute atomic E-state index is 12.4. The molecule has 0 atom stereocenters. The number of rotatable bonds is 9. The van der Waals surface area contributed by atoms with Gasteiger partial charge in [-0.25, -0.2) is 13.1 Å². The van der Waals surface area contributed by atoms with Gasteiger partial charge in [0.2, 0.25) is 10.0 Å². The van der Waals surface area contributed by atoms with E-state index in [9.17, 15) is 13.2 Å². The number of sulfonamides is 1. The molecule has 0 saturated carbocycles. The molecule has 2 rings (SSSR count). The largest absolute Gasteiger partial charge is 0.496 e. The van der Waals surface area contributed by atoms with Crippen molar-refractivity contribution in [3.63, 3.8) is 0 Å². The third-order valence-electron chi connectivity index (χ3n) is 3.32. The molecule has 7 nitrogen and oxygen atoms in total. The maximum Gasteiger partial charge on any atom is 0.254 e. The Kier molecular flexibility index (Phi) is 6.91. The summed E-state index contributed by atoms with van der Waals surface area (Å²) in [6.07, 6.45) is 1.60. The number of benzene rings is 1. The summed E-state index contributed by atoms with van der Waals surface area (Å²) >= 11 is 1.56. The van der Waals surface area contributed by atoms with E-state index in [4.69, 9.17) is 9.15 Å². The molecule has 0 fully saturated rings. The number of furan rings is 1. The predicted octanol–water partition coefficient (Wildman–Crippen LogP) is 1.86. The van der Waals surface area contributed by atoms with Crippen LogP contribution >= 0.6 is 11.8 Å². The van der Waals surface area contributed by atoms with Gasteiger partial charge in [0.1, 0.15) is 11.5 Å². The Hall–Kier alpha value is -1.97. The Morgan fingerprint density at radius 2 is 2.12 bits per heavy atom. The summed E-state index contributed by atoms with van der Waals surface area (Å²) in [6, 6.07) is 7.85. The lowest BCUT2D eigenvalue weighted by Crippen LogP contribution is -2.27. The molecule has 25 heavy (non-hydrogen) atoms. The quantitative estimate of drug-likeness (QED) is 0.641. The van der Waals surface area contributed by atoms with Crippen LogP contribution in [0.2, 0.25) is 0 Å². The van der Waals surface area contributed by atoms with E-state index in [1.807, 2.05) is 12.1 Å². The topological polar surface area (TPSA) is 97.6 Å². The Bertz CT molecular complexity index is 804. The Labute approximate surface area is 151 Å². The highest BCUT2D eigenvalue weighted by atomic mass is 32.2. The van der Waals surface area contributed by atoms with Crippen molar-refractivity contribution in [1.82, 2.24) is 10.0 Å². The van der Waals surface area contributed by atoms with Gasteiger partial charge in [0, 0.05) is 19.3 Å². The summed E-state index contributed by atoms with van der Waals surface area (Å²) in [5, 5.41) is 2.46. The highest BCUT2D eigenvalue weighted by molar-refractivity contribution is 7.98. The standard InChI is InChI=1S/C16H20N2O5S2/c1-17-16(19)14-10-13(5-6-15(14)22-2)25(20,21)18-7-9-24-11-12-4-3-8-23-12/h3-6,8,10,18H,7,9,11H2,1-2H3,(H,17,19). The van der Waals surface area contributed by atoms with E-state index in [1.54, 1.807) is 18.0 Å². The molecule has 0 spiro atoms. The van der Waals surface area contributed by atoms with Gasteiger partial charge in [-0.3, -0.25) is 4.79 Å². The zero-order chi connectivity index (χ0) is 18.3. The lowest BCUT2D eigenvalue weighted by atomic mass is 10.2. The zero-order valence-electron chi connectivity index (χ0n) is 13.9. The molecule has 1 amide bonds. The predicted molar refractivity (Wildman–Crippen MR) is 96.4 cm³/mol. The van der Waals surface area contributed by atoms with E-state index in [2.05, 4.69) is 10.0 Å². The van der Waals surface area contributed by atoms with Gasteiger partial charge in [0.05, 0.1) is 29.6 Å². The van der Waals surface area contributed by atoms with Gasteiger partial charge in [-0.05, 0) is 30.3 Å². The minimum Gasteiger partial charge on any atom is -0.496 e. The second kappa shape index (κ2) is 8.93. The van der Waals surface area contributed by atoms with E-state index in [0.29, 0.717) is 17.3 Å². The van der Waals surface area contributed by atoms with Crippen LogP contribution in [0.5, 0.6) is 5.75 Å². The second-order valence-electron chi connectivity index (χ2n) is 4.97. The Balaban J connectivity index is 1.97. The fourth-order valence-corrected chi connectivity index (χ4v) is 4.01. The van der Waals surface area contributed by atoms with Gasteiger partial charge in [-0.2, -0.15) is 11.8 Å². The first-order valence-electron chi connectivity index (χ1n) is 7.48. The molecular weight excluding hydrogens is 364 g/mol. The van der Waals surface area contributed by atoms with Gasteiger partial charge in [-0.15, -0.1) is 0 Å². The number of methoxy groups -OCH3 is 1. The van der Waals surface area contributed by atoms with Crippen LogP contribution in [0, 0.1) is 0 Å². The molecule has 2 aromatic rings. The molecule has 1 aromatic heterocycles. The lowest BCUT2D eigenvalue weighted by molar-refractivity contribution is 0.0960. The van der Waals surface area contributed by atoms with Crippen molar-refractivity contribution in [3.05, 3.63) is 47.9 Å². The van der Waals surface area contributed by atoms with Crippen molar-refractivity contribution < 1.29 is 22.4 Å². The molecule has 1 heterocycles. The van der Waals surface area contributed by atoms with Crippen molar-refractivity contribution in [3.8, 4) is 5.75 Å². The summed E-state index contributed by atoms with van der Waals surface area (Å²) < 4.78 is 37.6. The average molecular weight is 384 g/mol. The summed E-state index contributed by atoms with van der Waals surface area (Å²) in [4.78, 5) is 11.9. The summed E-state index contributed by atoms with van der Waals surface area (Å²) in [6.45, 7) is 0.273. The van der Waals surface area contributed by atoms with Crippen LogP contribution in [-0.4, -0.2) is 40.8 Å². The molecule has 0 unspecified atom stereocenters. The number of carbonyl (C=O) groups excluding carboxylic acids is 1. The molecule has 0 bridgehead atoms. The van der Waals surface area contributed by atoms with Crippen molar-refractivity contribution in [1.29, 1.82) is 0 Å². The summed E-state index contributed by atoms with van der Waals surface area (Å²) in [5.41, 5.74) is 0.167. The molecule has 0 saturated heterocycles. The number of nitrogens with one attached hydrogen (secondary N) is 2. The van der Waals surface area contributed by atoms with Crippen LogP contribution in [0.25, 0.3) is 0 Å². The smallest absolute Gasteiger partial charge is 0.254 e. The minimum absolute atomic E-state index is 0.0166. The second-order valence-corrected chi connectivity index (χ2v) is 7.84. The fraction of sp³-hybridized carbons (Fsp3) is 0.312. The van der Waals surface area contributed by atoms with E-state index < -0.39 is 15.9 Å². The average Bonchev–Trinajstić information content (AvgIpc) is 3.13. The van der Waals surface area contributed by atoms with Crippen LogP contribution in [0.15, 0.2) is 45.9 Å². The monoisotopic (exact) mass is 384 g/mol. The van der Waals surface area contributed by atoms with E-state index in [-0.39, 0.29) is 17.0 Å². The van der Waals surface area contributed by atoms with E-state index >= 15 is 0 Å². The third kappa shape index (κ3) is 5.25. The fourth-order valence-electron chi connectivity index (χ4n) is 2.07. The molecule has 136 valence electrons. The number of thioether (sulfide) groups is 1. The number of hydrogen-bond donors (Lipinski definition) is 2. The molecule has 0 aliphatic carbocycles. The third-order valence-corrected chi connectivity index (χ3v) is 5.76. The molecule has 2 N–H and O–H groups in total. The Morgan fingerprint density at radius 3 is 2.76 bits per heavy atom. The maximum atomic E-state index is 12.4.